The summed E-state index contributed by atoms with van der Waals surface area (Å²) < 4.78 is 0. The van der Waals surface area contributed by atoms with Gasteiger partial charge in [0.05, 0.1) is 4.92 Å². The molecule has 1 N–H and O–H groups in total. The highest BCUT2D eigenvalue weighted by molar-refractivity contribution is 5.77. The molecule has 0 radical (unpaired) electrons. The Labute approximate surface area is 151 Å². The van der Waals surface area contributed by atoms with Gasteiger partial charge in [-0.25, -0.2) is 0 Å². The second-order valence-electron chi connectivity index (χ2n) is 6.02. The van der Waals surface area contributed by atoms with E-state index < -0.39 is 4.92 Å². The molecule has 3 rings (SSSR count). The molecule has 136 valence electrons. The van der Waals surface area contributed by atoms with E-state index in [1.807, 2.05) is 17.0 Å². The lowest BCUT2D eigenvalue weighted by atomic mass is 10.2. The number of benzene rings is 1. The molecule has 1 saturated heterocycles. The van der Waals surface area contributed by atoms with Gasteiger partial charge in [-0.1, -0.05) is 12.1 Å². The van der Waals surface area contributed by atoms with Crippen LogP contribution in [0.1, 0.15) is 6.42 Å². The van der Waals surface area contributed by atoms with E-state index in [4.69, 9.17) is 0 Å². The topological polar surface area (TPSA) is 91.6 Å². The standard InChI is InChI=1S/C18H21N5O3/c24-18(7-10-20-16-3-1-2-4-17(16)23(25)26)22-13-11-21(12-14-22)15-5-8-19-9-6-15/h1-6,8-9,20H,7,10-14H2. The Morgan fingerprint density at radius 1 is 1.12 bits per heavy atom. The number of pyridine rings is 1. The lowest BCUT2D eigenvalue weighted by molar-refractivity contribution is -0.384. The fourth-order valence-corrected chi connectivity index (χ4v) is 3.01. The number of hydrogen-bond acceptors (Lipinski definition) is 6. The molecule has 2 heterocycles. The van der Waals surface area contributed by atoms with E-state index >= 15 is 0 Å². The predicted octanol–water partition coefficient (Wildman–Crippen LogP) is 2.14. The first-order valence-electron chi connectivity index (χ1n) is 8.55. The Kier molecular flexibility index (Phi) is 5.62. The van der Waals surface area contributed by atoms with E-state index in [1.165, 1.54) is 6.07 Å². The van der Waals surface area contributed by atoms with E-state index in [9.17, 15) is 14.9 Å². The summed E-state index contributed by atoms with van der Waals surface area (Å²) in [5.74, 6) is 0.0606. The highest BCUT2D eigenvalue weighted by atomic mass is 16.6. The molecule has 1 aromatic carbocycles. The molecule has 0 bridgehead atoms. The van der Waals surface area contributed by atoms with Gasteiger partial charge in [0.1, 0.15) is 5.69 Å². The average molecular weight is 355 g/mol. The van der Waals surface area contributed by atoms with Crippen LogP contribution in [0.3, 0.4) is 0 Å². The van der Waals surface area contributed by atoms with Crippen molar-refractivity contribution in [3.8, 4) is 0 Å². The summed E-state index contributed by atoms with van der Waals surface area (Å²) in [6.45, 7) is 3.29. The van der Waals surface area contributed by atoms with Crippen molar-refractivity contribution in [2.24, 2.45) is 0 Å². The third kappa shape index (κ3) is 4.27. The maximum absolute atomic E-state index is 12.4. The quantitative estimate of drug-likeness (QED) is 0.630. The maximum Gasteiger partial charge on any atom is 0.292 e. The number of hydrogen-bond donors (Lipinski definition) is 1. The summed E-state index contributed by atoms with van der Waals surface area (Å²) in [6.07, 6.45) is 3.84. The van der Waals surface area contributed by atoms with Gasteiger partial charge in [-0.15, -0.1) is 0 Å². The number of para-hydroxylation sites is 2. The fraction of sp³-hybridized carbons (Fsp3) is 0.333. The highest BCUT2D eigenvalue weighted by Crippen LogP contribution is 2.23. The largest absolute Gasteiger partial charge is 0.379 e. The van der Waals surface area contributed by atoms with Gasteiger partial charge < -0.3 is 15.1 Å². The summed E-state index contributed by atoms with van der Waals surface area (Å²) >= 11 is 0. The van der Waals surface area contributed by atoms with Gasteiger partial charge in [0.15, 0.2) is 0 Å². The minimum absolute atomic E-state index is 0.0194. The van der Waals surface area contributed by atoms with Crippen molar-refractivity contribution in [1.82, 2.24) is 9.88 Å². The molecule has 1 fully saturated rings. The zero-order chi connectivity index (χ0) is 18.4. The molecule has 2 aromatic rings. The van der Waals surface area contributed by atoms with Gasteiger partial charge in [0.25, 0.3) is 5.69 Å². The number of rotatable bonds is 6. The van der Waals surface area contributed by atoms with Crippen molar-refractivity contribution in [2.75, 3.05) is 42.9 Å². The Hall–Kier alpha value is -3.16. The van der Waals surface area contributed by atoms with Crippen LogP contribution in [0.5, 0.6) is 0 Å². The van der Waals surface area contributed by atoms with Crippen LogP contribution in [-0.4, -0.2) is 53.4 Å². The predicted molar refractivity (Wildman–Crippen MR) is 99.2 cm³/mol. The lowest BCUT2D eigenvalue weighted by Gasteiger charge is -2.36. The van der Waals surface area contributed by atoms with Crippen molar-refractivity contribution in [2.45, 2.75) is 6.42 Å². The fourth-order valence-electron chi connectivity index (χ4n) is 3.01. The van der Waals surface area contributed by atoms with Crippen LogP contribution in [0.25, 0.3) is 0 Å². The van der Waals surface area contributed by atoms with Crippen LogP contribution in [-0.2, 0) is 4.79 Å². The molecule has 1 aromatic heterocycles. The molecule has 0 atom stereocenters. The minimum atomic E-state index is -0.428. The van der Waals surface area contributed by atoms with Gasteiger partial charge in [-0.3, -0.25) is 19.9 Å². The Bertz CT molecular complexity index is 760. The third-order valence-corrected chi connectivity index (χ3v) is 4.42. The Balaban J connectivity index is 1.46. The first-order chi connectivity index (χ1) is 12.6. The molecule has 1 amide bonds. The molecule has 0 unspecified atom stereocenters. The molecule has 26 heavy (non-hydrogen) atoms. The summed E-state index contributed by atoms with van der Waals surface area (Å²) in [4.78, 5) is 31.0. The van der Waals surface area contributed by atoms with E-state index in [0.717, 1.165) is 18.8 Å². The molecule has 1 aliphatic heterocycles. The monoisotopic (exact) mass is 355 g/mol. The SMILES string of the molecule is O=C(CCNc1ccccc1[N+](=O)[O-])N1CCN(c2ccncc2)CC1. The number of carbonyl (C=O) groups excluding carboxylic acids is 1. The number of amides is 1. The van der Waals surface area contributed by atoms with Crippen molar-refractivity contribution < 1.29 is 9.72 Å². The number of nitrogens with one attached hydrogen (secondary N) is 1. The van der Waals surface area contributed by atoms with E-state index in [1.54, 1.807) is 30.6 Å². The third-order valence-electron chi connectivity index (χ3n) is 4.42. The number of nitro benzene ring substituents is 1. The molecule has 1 aliphatic rings. The van der Waals surface area contributed by atoms with Gasteiger partial charge in [-0.05, 0) is 18.2 Å². The normalized spacial score (nSPS) is 14.2. The van der Waals surface area contributed by atoms with Crippen LogP contribution < -0.4 is 10.2 Å². The number of aromatic nitrogens is 1. The maximum atomic E-state index is 12.4. The van der Waals surface area contributed by atoms with Crippen molar-refractivity contribution in [3.63, 3.8) is 0 Å². The smallest absolute Gasteiger partial charge is 0.292 e. The van der Waals surface area contributed by atoms with Crippen molar-refractivity contribution >= 4 is 23.0 Å². The van der Waals surface area contributed by atoms with Crippen LogP contribution >= 0.6 is 0 Å². The molecular formula is C18H21N5O3. The Morgan fingerprint density at radius 2 is 1.81 bits per heavy atom. The molecule has 8 heteroatoms. The van der Waals surface area contributed by atoms with Crippen LogP contribution in [0, 0.1) is 10.1 Å². The van der Waals surface area contributed by atoms with Crippen LogP contribution in [0.4, 0.5) is 17.1 Å². The Morgan fingerprint density at radius 3 is 2.50 bits per heavy atom. The second-order valence-corrected chi connectivity index (χ2v) is 6.02. The van der Waals surface area contributed by atoms with Gasteiger partial charge in [0.2, 0.25) is 5.91 Å². The first-order valence-corrected chi connectivity index (χ1v) is 8.55. The number of anilines is 2. The number of nitro groups is 1. The van der Waals surface area contributed by atoms with Gasteiger partial charge >= 0.3 is 0 Å². The zero-order valence-electron chi connectivity index (χ0n) is 14.4. The number of carbonyl (C=O) groups is 1. The van der Waals surface area contributed by atoms with Gasteiger partial charge in [-0.2, -0.15) is 0 Å². The van der Waals surface area contributed by atoms with E-state index in [0.29, 0.717) is 31.7 Å². The van der Waals surface area contributed by atoms with Crippen LogP contribution in [0.2, 0.25) is 0 Å². The highest BCUT2D eigenvalue weighted by Gasteiger charge is 2.21. The zero-order valence-corrected chi connectivity index (χ0v) is 14.4. The summed E-state index contributed by atoms with van der Waals surface area (Å²) in [7, 11) is 0. The summed E-state index contributed by atoms with van der Waals surface area (Å²) in [5, 5.41) is 14.0. The van der Waals surface area contributed by atoms with Crippen molar-refractivity contribution in [1.29, 1.82) is 0 Å². The number of nitrogens with zero attached hydrogens (tertiary/aromatic N) is 4. The first kappa shape index (κ1) is 17.7. The average Bonchev–Trinajstić information content (AvgIpc) is 2.69. The minimum Gasteiger partial charge on any atom is -0.379 e. The molecular weight excluding hydrogens is 334 g/mol. The second kappa shape index (κ2) is 8.28. The summed E-state index contributed by atoms with van der Waals surface area (Å²) in [5.41, 5.74) is 1.57. The molecule has 0 saturated carbocycles. The van der Waals surface area contributed by atoms with E-state index in [-0.39, 0.29) is 11.6 Å². The van der Waals surface area contributed by atoms with E-state index in [2.05, 4.69) is 15.2 Å². The lowest BCUT2D eigenvalue weighted by Crippen LogP contribution is -2.49. The summed E-state index contributed by atoms with van der Waals surface area (Å²) in [6, 6.07) is 10.4. The van der Waals surface area contributed by atoms with Crippen molar-refractivity contribution in [3.05, 3.63) is 58.9 Å². The molecule has 0 spiro atoms. The van der Waals surface area contributed by atoms with Crippen LogP contribution in [0.15, 0.2) is 48.8 Å². The number of piperazine rings is 1. The van der Waals surface area contributed by atoms with Gasteiger partial charge in [0, 0.05) is 63.3 Å². The molecule has 0 aliphatic carbocycles. The molecule has 8 nitrogen and oxygen atoms in total.